The number of carbonyl (C=O) groups excluding carboxylic acids is 2. The van der Waals surface area contributed by atoms with Crippen molar-refractivity contribution in [3.8, 4) is 10.6 Å². The normalized spacial score (nSPS) is 11.8. The predicted molar refractivity (Wildman–Crippen MR) is 91.2 cm³/mol. The van der Waals surface area contributed by atoms with E-state index in [0.717, 1.165) is 22.6 Å². The molecule has 0 unspecified atom stereocenters. The summed E-state index contributed by atoms with van der Waals surface area (Å²) in [6.45, 7) is 5.57. The summed E-state index contributed by atoms with van der Waals surface area (Å²) in [7, 11) is 0. The summed E-state index contributed by atoms with van der Waals surface area (Å²) in [6.07, 6.45) is 1.16. The number of aromatic nitrogens is 2. The summed E-state index contributed by atoms with van der Waals surface area (Å²) in [5.74, 6) is -0.436. The van der Waals surface area contributed by atoms with Crippen LogP contribution in [-0.2, 0) is 9.59 Å². The van der Waals surface area contributed by atoms with Gasteiger partial charge in [-0.15, -0.1) is 10.2 Å². The second-order valence-electron chi connectivity index (χ2n) is 5.31. The van der Waals surface area contributed by atoms with Crippen LogP contribution < -0.4 is 10.6 Å². The van der Waals surface area contributed by atoms with E-state index in [1.54, 1.807) is 6.92 Å². The number of rotatable bonds is 6. The van der Waals surface area contributed by atoms with E-state index in [2.05, 4.69) is 20.8 Å². The number of hydrogen-bond acceptors (Lipinski definition) is 5. The Bertz CT molecular complexity index is 699. The summed E-state index contributed by atoms with van der Waals surface area (Å²) < 4.78 is 0. The molecule has 0 fully saturated rings. The van der Waals surface area contributed by atoms with Gasteiger partial charge >= 0.3 is 0 Å². The number of hydrogen-bond donors (Lipinski definition) is 2. The molecule has 0 aliphatic carbocycles. The maximum Gasteiger partial charge on any atom is 0.248 e. The number of carbonyl (C=O) groups is 2. The van der Waals surface area contributed by atoms with Crippen LogP contribution in [0.25, 0.3) is 10.6 Å². The van der Waals surface area contributed by atoms with E-state index >= 15 is 0 Å². The first-order valence-corrected chi connectivity index (χ1v) is 8.32. The van der Waals surface area contributed by atoms with Gasteiger partial charge in [0.2, 0.25) is 16.9 Å². The van der Waals surface area contributed by atoms with Gasteiger partial charge in [-0.25, -0.2) is 0 Å². The topological polar surface area (TPSA) is 84.0 Å². The van der Waals surface area contributed by atoms with Gasteiger partial charge in [-0.2, -0.15) is 0 Å². The molecule has 0 spiro atoms. The number of anilines is 1. The molecule has 2 rings (SSSR count). The molecule has 7 heteroatoms. The van der Waals surface area contributed by atoms with E-state index in [1.807, 2.05) is 38.1 Å². The number of amides is 2. The Morgan fingerprint density at radius 2 is 2.09 bits per heavy atom. The molecule has 0 saturated carbocycles. The number of benzene rings is 1. The van der Waals surface area contributed by atoms with Crippen molar-refractivity contribution in [3.63, 3.8) is 0 Å². The highest BCUT2D eigenvalue weighted by Crippen LogP contribution is 2.26. The average Bonchev–Trinajstić information content (AvgIpc) is 2.96. The number of nitrogens with zero attached hydrogens (tertiary/aromatic N) is 2. The minimum Gasteiger partial charge on any atom is -0.345 e. The summed E-state index contributed by atoms with van der Waals surface area (Å²) in [4.78, 5) is 23.6. The fraction of sp³-hybridized carbons (Fsp3) is 0.375. The number of nitrogens with one attached hydrogen (secondary N) is 2. The van der Waals surface area contributed by atoms with Crippen LogP contribution >= 0.6 is 11.3 Å². The van der Waals surface area contributed by atoms with Crippen LogP contribution in [0.3, 0.4) is 0 Å². The summed E-state index contributed by atoms with van der Waals surface area (Å²) in [6, 6.07) is 7.32. The van der Waals surface area contributed by atoms with Crippen molar-refractivity contribution in [2.24, 2.45) is 0 Å². The predicted octanol–water partition coefficient (Wildman–Crippen LogP) is 2.76. The molecular formula is C16H20N4O2S. The first-order chi connectivity index (χ1) is 11.0. The van der Waals surface area contributed by atoms with Crippen molar-refractivity contribution < 1.29 is 9.59 Å². The minimum absolute atomic E-state index is 0.132. The Balaban J connectivity index is 1.98. The lowest BCUT2D eigenvalue weighted by molar-refractivity contribution is -0.126. The third kappa shape index (κ3) is 4.85. The van der Waals surface area contributed by atoms with Gasteiger partial charge < -0.3 is 5.32 Å². The van der Waals surface area contributed by atoms with Crippen LogP contribution in [0.5, 0.6) is 0 Å². The van der Waals surface area contributed by atoms with Gasteiger partial charge in [0.15, 0.2) is 0 Å². The largest absolute Gasteiger partial charge is 0.345 e. The molecule has 2 N–H and O–H groups in total. The number of aryl methyl sites for hydroxylation is 1. The SMILES string of the molecule is CCCC(=O)N[C@@H](C)C(=O)Nc1nnc(-c2cccc(C)c2)s1. The van der Waals surface area contributed by atoms with Crippen molar-refractivity contribution in [1.82, 2.24) is 15.5 Å². The highest BCUT2D eigenvalue weighted by Gasteiger charge is 2.17. The van der Waals surface area contributed by atoms with Crippen molar-refractivity contribution in [1.29, 1.82) is 0 Å². The van der Waals surface area contributed by atoms with Crippen molar-refractivity contribution in [2.45, 2.75) is 39.7 Å². The van der Waals surface area contributed by atoms with Crippen LogP contribution in [0.4, 0.5) is 5.13 Å². The molecule has 23 heavy (non-hydrogen) atoms. The molecule has 1 aromatic carbocycles. The van der Waals surface area contributed by atoms with Gasteiger partial charge in [-0.3, -0.25) is 14.9 Å². The van der Waals surface area contributed by atoms with Crippen molar-refractivity contribution in [3.05, 3.63) is 29.8 Å². The van der Waals surface area contributed by atoms with E-state index in [9.17, 15) is 9.59 Å². The lowest BCUT2D eigenvalue weighted by atomic mass is 10.1. The highest BCUT2D eigenvalue weighted by atomic mass is 32.1. The molecule has 0 saturated heterocycles. The molecule has 1 heterocycles. The molecule has 2 amide bonds. The fourth-order valence-electron chi connectivity index (χ4n) is 1.99. The molecule has 0 aliphatic rings. The molecule has 2 aromatic rings. The highest BCUT2D eigenvalue weighted by molar-refractivity contribution is 7.18. The molecule has 6 nitrogen and oxygen atoms in total. The molecule has 0 bridgehead atoms. The third-order valence-corrected chi connectivity index (χ3v) is 4.06. The standard InChI is InChI=1S/C16H20N4O2S/c1-4-6-13(21)17-11(3)14(22)18-16-20-19-15(23-16)12-8-5-7-10(2)9-12/h5,7-9,11H,4,6H2,1-3H3,(H,17,21)(H,18,20,22)/t11-/m0/s1. The second-order valence-corrected chi connectivity index (χ2v) is 6.29. The van der Waals surface area contributed by atoms with E-state index in [0.29, 0.717) is 11.6 Å². The van der Waals surface area contributed by atoms with Gasteiger partial charge in [0.25, 0.3) is 0 Å². The van der Waals surface area contributed by atoms with Crippen LogP contribution in [0.15, 0.2) is 24.3 Å². The molecule has 1 atom stereocenters. The average molecular weight is 332 g/mol. The smallest absolute Gasteiger partial charge is 0.248 e. The zero-order valence-corrected chi connectivity index (χ0v) is 14.2. The van der Waals surface area contributed by atoms with Crippen molar-refractivity contribution in [2.75, 3.05) is 5.32 Å². The first kappa shape index (κ1) is 17.1. The molecule has 0 aliphatic heterocycles. The Labute approximate surface area is 139 Å². The summed E-state index contributed by atoms with van der Waals surface area (Å²) in [5, 5.41) is 14.6. The van der Waals surface area contributed by atoms with E-state index in [1.165, 1.54) is 11.3 Å². The van der Waals surface area contributed by atoms with Gasteiger partial charge in [0.1, 0.15) is 11.0 Å². The lowest BCUT2D eigenvalue weighted by Gasteiger charge is -2.12. The second kappa shape index (κ2) is 7.82. The summed E-state index contributed by atoms with van der Waals surface area (Å²) >= 11 is 1.30. The zero-order chi connectivity index (χ0) is 16.8. The van der Waals surface area contributed by atoms with Crippen LogP contribution in [0.1, 0.15) is 32.3 Å². The first-order valence-electron chi connectivity index (χ1n) is 7.50. The molecule has 122 valence electrons. The van der Waals surface area contributed by atoms with Gasteiger partial charge in [0, 0.05) is 12.0 Å². The third-order valence-electron chi connectivity index (χ3n) is 3.17. The Morgan fingerprint density at radius 1 is 1.30 bits per heavy atom. The summed E-state index contributed by atoms with van der Waals surface area (Å²) in [5.41, 5.74) is 2.10. The molecule has 1 aromatic heterocycles. The Kier molecular flexibility index (Phi) is 5.81. The van der Waals surface area contributed by atoms with Crippen molar-refractivity contribution >= 4 is 28.3 Å². The molecule has 0 radical (unpaired) electrons. The van der Waals surface area contributed by atoms with E-state index in [4.69, 9.17) is 0 Å². The molecular weight excluding hydrogens is 312 g/mol. The van der Waals surface area contributed by atoms with Crippen LogP contribution in [-0.4, -0.2) is 28.1 Å². The van der Waals surface area contributed by atoms with Gasteiger partial charge in [-0.1, -0.05) is 42.0 Å². The zero-order valence-electron chi connectivity index (χ0n) is 13.4. The lowest BCUT2D eigenvalue weighted by Crippen LogP contribution is -2.41. The quantitative estimate of drug-likeness (QED) is 0.852. The van der Waals surface area contributed by atoms with Gasteiger partial charge in [0.05, 0.1) is 0 Å². The maximum absolute atomic E-state index is 12.1. The Hall–Kier alpha value is -2.28. The van der Waals surface area contributed by atoms with E-state index in [-0.39, 0.29) is 11.8 Å². The minimum atomic E-state index is -0.611. The Morgan fingerprint density at radius 3 is 2.78 bits per heavy atom. The monoisotopic (exact) mass is 332 g/mol. The van der Waals surface area contributed by atoms with Crippen LogP contribution in [0.2, 0.25) is 0 Å². The fourth-order valence-corrected chi connectivity index (χ4v) is 2.73. The maximum atomic E-state index is 12.1. The van der Waals surface area contributed by atoms with Crippen LogP contribution in [0, 0.1) is 6.92 Å². The van der Waals surface area contributed by atoms with Gasteiger partial charge in [-0.05, 0) is 26.3 Å². The van der Waals surface area contributed by atoms with E-state index < -0.39 is 6.04 Å².